The fourth-order valence-electron chi connectivity index (χ4n) is 4.56. The summed E-state index contributed by atoms with van der Waals surface area (Å²) in [5.41, 5.74) is -0.218. The minimum atomic E-state index is -4.56. The van der Waals surface area contributed by atoms with E-state index >= 15 is 0 Å². The molecule has 1 saturated carbocycles. The number of amides is 2. The molecule has 0 aliphatic heterocycles. The zero-order valence-electron chi connectivity index (χ0n) is 20.9. The van der Waals surface area contributed by atoms with Gasteiger partial charge in [0.2, 0.25) is 0 Å². The Bertz CT molecular complexity index is 1360. The van der Waals surface area contributed by atoms with Crippen molar-refractivity contribution in [2.75, 3.05) is 0 Å². The third-order valence-corrected chi connectivity index (χ3v) is 6.77. The molecule has 0 aromatic heterocycles. The van der Waals surface area contributed by atoms with E-state index in [2.05, 4.69) is 10.6 Å². The van der Waals surface area contributed by atoms with E-state index in [-0.39, 0.29) is 24.1 Å². The lowest BCUT2D eigenvalue weighted by Gasteiger charge is -2.34. The van der Waals surface area contributed by atoms with Gasteiger partial charge in [0, 0.05) is 5.56 Å². The highest BCUT2D eigenvalue weighted by Crippen LogP contribution is 2.30. The number of benzene rings is 3. The van der Waals surface area contributed by atoms with Gasteiger partial charge in [-0.15, -0.1) is 0 Å². The van der Waals surface area contributed by atoms with Gasteiger partial charge in [0.1, 0.15) is 11.2 Å². The van der Waals surface area contributed by atoms with Crippen LogP contribution in [0.5, 0.6) is 0 Å². The number of hydrogen-bond acceptors (Lipinski definition) is 3. The fraction of sp³-hybridized carbons (Fsp3) is 0.233. The Hall–Kier alpha value is -4.40. The standard InChI is InChI=1S/C30H27F3N2O4/c31-30(32,33)24-15-13-23(14-16-24)26(36)34-25(27(37)35-29(28(38)39)17-5-2-6-18-29)19-20-9-11-22(12-10-20)21-7-3-1-4-8-21/h1,3-4,7-16,19H,2,5-6,17-18H2,(H,34,36)(H,35,37)(H,38,39)/b25-19+. The Kier molecular flexibility index (Phi) is 8.18. The first-order chi connectivity index (χ1) is 18.6. The van der Waals surface area contributed by atoms with E-state index < -0.39 is 35.1 Å². The van der Waals surface area contributed by atoms with Crippen molar-refractivity contribution in [2.24, 2.45) is 0 Å². The smallest absolute Gasteiger partial charge is 0.416 e. The quantitative estimate of drug-likeness (QED) is 0.321. The van der Waals surface area contributed by atoms with E-state index in [9.17, 15) is 32.7 Å². The van der Waals surface area contributed by atoms with Gasteiger partial charge in [0.15, 0.2) is 0 Å². The van der Waals surface area contributed by atoms with Crippen molar-refractivity contribution in [1.29, 1.82) is 0 Å². The molecule has 6 nitrogen and oxygen atoms in total. The van der Waals surface area contributed by atoms with Gasteiger partial charge in [-0.05, 0) is 59.9 Å². The molecule has 3 aromatic carbocycles. The Morgan fingerprint density at radius 2 is 1.38 bits per heavy atom. The predicted octanol–water partition coefficient (Wildman–Crippen LogP) is 6.05. The summed E-state index contributed by atoms with van der Waals surface area (Å²) in [6.07, 6.45) is -0.539. The molecular formula is C30H27F3N2O4. The van der Waals surface area contributed by atoms with Gasteiger partial charge in [-0.1, -0.05) is 73.9 Å². The van der Waals surface area contributed by atoms with Crippen LogP contribution in [0.25, 0.3) is 17.2 Å². The van der Waals surface area contributed by atoms with Gasteiger partial charge in [-0.2, -0.15) is 13.2 Å². The highest BCUT2D eigenvalue weighted by Gasteiger charge is 2.41. The number of alkyl halides is 3. The summed E-state index contributed by atoms with van der Waals surface area (Å²) in [4.78, 5) is 38.4. The van der Waals surface area contributed by atoms with Crippen molar-refractivity contribution in [3.8, 4) is 11.1 Å². The van der Waals surface area contributed by atoms with Crippen LogP contribution in [0.3, 0.4) is 0 Å². The SMILES string of the molecule is O=C(NC1(C(=O)O)CCCCC1)/C(=C\c1ccc(-c2ccccc2)cc1)NC(=O)c1ccc(C(F)(F)F)cc1. The van der Waals surface area contributed by atoms with Crippen LogP contribution in [-0.2, 0) is 15.8 Å². The molecule has 2 amide bonds. The lowest BCUT2D eigenvalue weighted by molar-refractivity contribution is -0.148. The normalized spacial score (nSPS) is 15.3. The molecule has 202 valence electrons. The zero-order valence-corrected chi connectivity index (χ0v) is 20.9. The van der Waals surface area contributed by atoms with Crippen molar-refractivity contribution in [1.82, 2.24) is 10.6 Å². The average molecular weight is 537 g/mol. The molecule has 0 atom stereocenters. The van der Waals surface area contributed by atoms with Crippen LogP contribution in [0.4, 0.5) is 13.2 Å². The highest BCUT2D eigenvalue weighted by atomic mass is 19.4. The number of carboxylic acids is 1. The van der Waals surface area contributed by atoms with Gasteiger partial charge < -0.3 is 15.7 Å². The molecular weight excluding hydrogens is 509 g/mol. The minimum absolute atomic E-state index is 0.0910. The Balaban J connectivity index is 1.63. The Morgan fingerprint density at radius 1 is 0.795 bits per heavy atom. The summed E-state index contributed by atoms with van der Waals surface area (Å²) < 4.78 is 38.8. The summed E-state index contributed by atoms with van der Waals surface area (Å²) in [6, 6.07) is 20.4. The molecule has 0 unspecified atom stereocenters. The molecule has 0 heterocycles. The van der Waals surface area contributed by atoms with E-state index in [1.807, 2.05) is 42.5 Å². The molecule has 1 fully saturated rings. The molecule has 3 N–H and O–H groups in total. The number of carboxylic acid groups (broad SMARTS) is 1. The van der Waals surface area contributed by atoms with Crippen molar-refractivity contribution >= 4 is 23.9 Å². The maximum atomic E-state index is 13.4. The van der Waals surface area contributed by atoms with Crippen molar-refractivity contribution in [2.45, 2.75) is 43.8 Å². The average Bonchev–Trinajstić information content (AvgIpc) is 2.93. The third kappa shape index (κ3) is 6.73. The molecule has 1 aliphatic carbocycles. The van der Waals surface area contributed by atoms with E-state index in [1.54, 1.807) is 12.1 Å². The van der Waals surface area contributed by atoms with Crippen LogP contribution in [-0.4, -0.2) is 28.4 Å². The molecule has 1 aliphatic rings. The third-order valence-electron chi connectivity index (χ3n) is 6.77. The van der Waals surface area contributed by atoms with Gasteiger partial charge in [0.25, 0.3) is 11.8 Å². The van der Waals surface area contributed by atoms with Crippen LogP contribution in [0.2, 0.25) is 0 Å². The molecule has 9 heteroatoms. The largest absolute Gasteiger partial charge is 0.480 e. The van der Waals surface area contributed by atoms with Crippen molar-refractivity contribution < 1.29 is 32.7 Å². The van der Waals surface area contributed by atoms with Crippen LogP contribution in [0.15, 0.2) is 84.6 Å². The van der Waals surface area contributed by atoms with Gasteiger partial charge >= 0.3 is 12.1 Å². The van der Waals surface area contributed by atoms with Gasteiger partial charge in [-0.3, -0.25) is 9.59 Å². The second kappa shape index (κ2) is 11.6. The van der Waals surface area contributed by atoms with E-state index in [1.165, 1.54) is 6.08 Å². The summed E-state index contributed by atoms with van der Waals surface area (Å²) in [6.45, 7) is 0. The molecule has 0 spiro atoms. The number of halogens is 3. The van der Waals surface area contributed by atoms with Crippen LogP contribution in [0.1, 0.15) is 53.6 Å². The van der Waals surface area contributed by atoms with Crippen LogP contribution in [0, 0.1) is 0 Å². The number of carbonyl (C=O) groups excluding carboxylic acids is 2. The van der Waals surface area contributed by atoms with Gasteiger partial charge in [0.05, 0.1) is 5.56 Å². The van der Waals surface area contributed by atoms with Crippen molar-refractivity contribution in [3.63, 3.8) is 0 Å². The number of aliphatic carboxylic acids is 1. The first kappa shape index (κ1) is 27.6. The molecule has 4 rings (SSSR count). The minimum Gasteiger partial charge on any atom is -0.480 e. The molecule has 0 radical (unpaired) electrons. The topological polar surface area (TPSA) is 95.5 Å². The monoisotopic (exact) mass is 536 g/mol. The lowest BCUT2D eigenvalue weighted by atomic mass is 9.81. The summed E-state index contributed by atoms with van der Waals surface area (Å²) >= 11 is 0. The van der Waals surface area contributed by atoms with Crippen molar-refractivity contribution in [3.05, 3.63) is 101 Å². The van der Waals surface area contributed by atoms with Crippen LogP contribution < -0.4 is 10.6 Å². The number of rotatable bonds is 7. The predicted molar refractivity (Wildman–Crippen MR) is 140 cm³/mol. The Labute approximate surface area is 223 Å². The summed E-state index contributed by atoms with van der Waals surface area (Å²) in [5.74, 6) is -2.76. The maximum absolute atomic E-state index is 13.4. The maximum Gasteiger partial charge on any atom is 0.416 e. The lowest BCUT2D eigenvalue weighted by Crippen LogP contribution is -2.56. The van der Waals surface area contributed by atoms with E-state index in [0.29, 0.717) is 18.4 Å². The molecule has 3 aromatic rings. The first-order valence-corrected chi connectivity index (χ1v) is 12.5. The van der Waals surface area contributed by atoms with Crippen LogP contribution >= 0.6 is 0 Å². The molecule has 0 bridgehead atoms. The van der Waals surface area contributed by atoms with E-state index in [4.69, 9.17) is 0 Å². The van der Waals surface area contributed by atoms with E-state index in [0.717, 1.165) is 41.8 Å². The number of nitrogens with one attached hydrogen (secondary N) is 2. The second-order valence-electron chi connectivity index (χ2n) is 9.48. The summed E-state index contributed by atoms with van der Waals surface area (Å²) in [5, 5.41) is 15.0. The fourth-order valence-corrected chi connectivity index (χ4v) is 4.56. The second-order valence-corrected chi connectivity index (χ2v) is 9.48. The first-order valence-electron chi connectivity index (χ1n) is 12.5. The zero-order chi connectivity index (χ0) is 28.0. The molecule has 39 heavy (non-hydrogen) atoms. The molecule has 0 saturated heterocycles. The number of hydrogen-bond donors (Lipinski definition) is 3. The number of carbonyl (C=O) groups is 3. The Morgan fingerprint density at radius 3 is 1.95 bits per heavy atom. The highest BCUT2D eigenvalue weighted by molar-refractivity contribution is 6.06. The summed E-state index contributed by atoms with van der Waals surface area (Å²) in [7, 11) is 0. The van der Waals surface area contributed by atoms with Gasteiger partial charge in [-0.25, -0.2) is 4.79 Å².